The highest BCUT2D eigenvalue weighted by atomic mass is 32.2. The Morgan fingerprint density at radius 1 is 1.19 bits per heavy atom. The van der Waals surface area contributed by atoms with Gasteiger partial charge in [-0.3, -0.25) is 9.52 Å². The molecule has 1 heterocycles. The molecule has 0 fully saturated rings. The Kier molecular flexibility index (Phi) is 4.08. The molecule has 2 aromatic rings. The molecular formula is C13H12N2O5S. The predicted molar refractivity (Wildman–Crippen MR) is 75.7 cm³/mol. The van der Waals surface area contributed by atoms with Gasteiger partial charge in [-0.1, -0.05) is 0 Å². The Labute approximate surface area is 120 Å². The molecule has 0 amide bonds. The van der Waals surface area contributed by atoms with Crippen molar-refractivity contribution >= 4 is 21.7 Å². The van der Waals surface area contributed by atoms with E-state index in [9.17, 15) is 18.0 Å². The van der Waals surface area contributed by atoms with E-state index in [1.807, 2.05) is 0 Å². The van der Waals surface area contributed by atoms with E-state index < -0.39 is 21.4 Å². The summed E-state index contributed by atoms with van der Waals surface area (Å²) < 4.78 is 30.9. The highest BCUT2D eigenvalue weighted by Gasteiger charge is 2.17. The van der Waals surface area contributed by atoms with Crippen LogP contribution in [-0.2, 0) is 14.8 Å². The summed E-state index contributed by atoms with van der Waals surface area (Å²) in [6, 6.07) is 6.76. The summed E-state index contributed by atoms with van der Waals surface area (Å²) in [6.07, 6.45) is 2.44. The fourth-order valence-electron chi connectivity index (χ4n) is 1.61. The number of rotatable bonds is 4. The smallest absolute Gasteiger partial charge is 0.337 e. The van der Waals surface area contributed by atoms with E-state index in [1.54, 1.807) is 0 Å². The third-order valence-electron chi connectivity index (χ3n) is 2.64. The van der Waals surface area contributed by atoms with E-state index in [-0.39, 0.29) is 16.1 Å². The fraction of sp³-hybridized carbons (Fsp3) is 0.0769. The van der Waals surface area contributed by atoms with Crippen molar-refractivity contribution in [3.63, 3.8) is 0 Å². The number of sulfonamides is 1. The van der Waals surface area contributed by atoms with Crippen LogP contribution in [0.5, 0.6) is 0 Å². The summed E-state index contributed by atoms with van der Waals surface area (Å²) in [7, 11) is -2.74. The van der Waals surface area contributed by atoms with Crippen molar-refractivity contribution in [3.05, 3.63) is 58.5 Å². The first kappa shape index (κ1) is 14.8. The van der Waals surface area contributed by atoms with Gasteiger partial charge in [0.05, 0.1) is 12.7 Å². The first-order chi connectivity index (χ1) is 9.94. The number of nitrogens with one attached hydrogen (secondary N) is 2. The van der Waals surface area contributed by atoms with E-state index in [4.69, 9.17) is 0 Å². The van der Waals surface area contributed by atoms with Crippen molar-refractivity contribution in [2.45, 2.75) is 4.90 Å². The Morgan fingerprint density at radius 2 is 1.86 bits per heavy atom. The number of benzene rings is 1. The van der Waals surface area contributed by atoms with Crippen LogP contribution in [0.15, 0.2) is 52.4 Å². The summed E-state index contributed by atoms with van der Waals surface area (Å²) in [4.78, 5) is 25.0. The van der Waals surface area contributed by atoms with Crippen molar-refractivity contribution in [1.82, 2.24) is 4.98 Å². The SMILES string of the molecule is COC(=O)c1ccc(NS(=O)(=O)c2c[nH]ccc2=O)cc1. The third kappa shape index (κ3) is 3.29. The quantitative estimate of drug-likeness (QED) is 0.819. The Bertz CT molecular complexity index is 809. The Hall–Kier alpha value is -2.61. The van der Waals surface area contributed by atoms with E-state index in [2.05, 4.69) is 14.4 Å². The molecular weight excluding hydrogens is 296 g/mol. The zero-order valence-corrected chi connectivity index (χ0v) is 11.8. The van der Waals surface area contributed by atoms with Gasteiger partial charge < -0.3 is 9.72 Å². The zero-order valence-electron chi connectivity index (χ0n) is 11.0. The number of pyridine rings is 1. The highest BCUT2D eigenvalue weighted by Crippen LogP contribution is 2.14. The molecule has 7 nitrogen and oxygen atoms in total. The molecule has 110 valence electrons. The van der Waals surface area contributed by atoms with Crippen molar-refractivity contribution in [1.29, 1.82) is 0 Å². The van der Waals surface area contributed by atoms with Gasteiger partial charge in [-0.2, -0.15) is 0 Å². The summed E-state index contributed by atoms with van der Waals surface area (Å²) in [5.41, 5.74) is -0.101. The van der Waals surface area contributed by atoms with Gasteiger partial charge in [0, 0.05) is 24.1 Å². The van der Waals surface area contributed by atoms with Gasteiger partial charge >= 0.3 is 5.97 Å². The number of hydrogen-bond acceptors (Lipinski definition) is 5. The maximum Gasteiger partial charge on any atom is 0.337 e. The standard InChI is InChI=1S/C13H12N2O5S/c1-20-13(17)9-2-4-10(5-3-9)15-21(18,19)12-8-14-7-6-11(12)16/h2-8,15H,1H3,(H,14,16). The lowest BCUT2D eigenvalue weighted by Crippen LogP contribution is -2.20. The number of ether oxygens (including phenoxy) is 1. The van der Waals surface area contributed by atoms with Gasteiger partial charge in [0.2, 0.25) is 5.43 Å². The van der Waals surface area contributed by atoms with E-state index >= 15 is 0 Å². The molecule has 0 atom stereocenters. The minimum Gasteiger partial charge on any atom is -0.465 e. The number of anilines is 1. The average molecular weight is 308 g/mol. The molecule has 2 rings (SSSR count). The van der Waals surface area contributed by atoms with Crippen molar-refractivity contribution in [2.75, 3.05) is 11.8 Å². The van der Waals surface area contributed by atoms with E-state index in [0.717, 1.165) is 12.3 Å². The first-order valence-corrected chi connectivity index (χ1v) is 7.30. The summed E-state index contributed by atoms with van der Waals surface area (Å²) in [5, 5.41) is 0. The lowest BCUT2D eigenvalue weighted by Gasteiger charge is -2.07. The molecule has 1 aromatic carbocycles. The lowest BCUT2D eigenvalue weighted by atomic mass is 10.2. The molecule has 0 saturated heterocycles. The second-order valence-electron chi connectivity index (χ2n) is 4.05. The highest BCUT2D eigenvalue weighted by molar-refractivity contribution is 7.92. The first-order valence-electron chi connectivity index (χ1n) is 5.82. The molecule has 0 unspecified atom stereocenters. The molecule has 21 heavy (non-hydrogen) atoms. The molecule has 8 heteroatoms. The van der Waals surface area contributed by atoms with Crippen LogP contribution < -0.4 is 10.2 Å². The summed E-state index contributed by atoms with van der Waals surface area (Å²) in [6.45, 7) is 0. The van der Waals surface area contributed by atoms with Crippen LogP contribution in [0.2, 0.25) is 0 Å². The van der Waals surface area contributed by atoms with Crippen molar-refractivity contribution in [3.8, 4) is 0 Å². The number of aromatic amines is 1. The number of aromatic nitrogens is 1. The molecule has 0 aliphatic carbocycles. The summed E-state index contributed by atoms with van der Waals surface area (Å²) in [5.74, 6) is -0.524. The van der Waals surface area contributed by atoms with Crippen LogP contribution >= 0.6 is 0 Å². The minimum absolute atomic E-state index is 0.228. The Morgan fingerprint density at radius 3 is 2.43 bits per heavy atom. The fourth-order valence-corrected chi connectivity index (χ4v) is 2.73. The van der Waals surface area contributed by atoms with Crippen LogP contribution in [0.4, 0.5) is 5.69 Å². The molecule has 2 N–H and O–H groups in total. The summed E-state index contributed by atoms with van der Waals surface area (Å²) >= 11 is 0. The van der Waals surface area contributed by atoms with E-state index in [0.29, 0.717) is 0 Å². The predicted octanol–water partition coefficient (Wildman–Crippen LogP) is 0.962. The van der Waals surface area contributed by atoms with Crippen LogP contribution in [0, 0.1) is 0 Å². The maximum absolute atomic E-state index is 12.1. The van der Waals surface area contributed by atoms with Gasteiger partial charge in [0.1, 0.15) is 0 Å². The zero-order chi connectivity index (χ0) is 15.5. The molecule has 0 aliphatic rings. The second-order valence-corrected chi connectivity index (χ2v) is 5.70. The monoisotopic (exact) mass is 308 g/mol. The van der Waals surface area contributed by atoms with Crippen molar-refractivity contribution < 1.29 is 17.9 Å². The minimum atomic E-state index is -3.99. The average Bonchev–Trinajstić information content (AvgIpc) is 2.47. The molecule has 0 aliphatic heterocycles. The van der Waals surface area contributed by atoms with Crippen LogP contribution in [0.3, 0.4) is 0 Å². The number of carbonyl (C=O) groups is 1. The molecule has 0 bridgehead atoms. The number of carbonyl (C=O) groups excluding carboxylic acids is 1. The van der Waals surface area contributed by atoms with Crippen molar-refractivity contribution in [2.24, 2.45) is 0 Å². The third-order valence-corrected chi connectivity index (χ3v) is 4.04. The molecule has 0 radical (unpaired) electrons. The van der Waals surface area contributed by atoms with Gasteiger partial charge in [0.15, 0.2) is 4.90 Å². The van der Waals surface area contributed by atoms with E-state index in [1.165, 1.54) is 37.6 Å². The molecule has 1 aromatic heterocycles. The number of H-pyrrole nitrogens is 1. The topological polar surface area (TPSA) is 105 Å². The van der Waals surface area contributed by atoms with Gasteiger partial charge in [0.25, 0.3) is 10.0 Å². The van der Waals surface area contributed by atoms with Gasteiger partial charge in [-0.15, -0.1) is 0 Å². The van der Waals surface area contributed by atoms with Crippen LogP contribution in [0.25, 0.3) is 0 Å². The van der Waals surface area contributed by atoms with Gasteiger partial charge in [-0.25, -0.2) is 13.2 Å². The largest absolute Gasteiger partial charge is 0.465 e. The maximum atomic E-state index is 12.1. The van der Waals surface area contributed by atoms with Gasteiger partial charge in [-0.05, 0) is 24.3 Å². The Balaban J connectivity index is 2.27. The normalized spacial score (nSPS) is 10.9. The second kappa shape index (κ2) is 5.80. The number of methoxy groups -OCH3 is 1. The van der Waals surface area contributed by atoms with Crippen LogP contribution in [-0.4, -0.2) is 26.5 Å². The number of esters is 1. The van der Waals surface area contributed by atoms with Crippen LogP contribution in [0.1, 0.15) is 10.4 Å². The number of hydrogen-bond donors (Lipinski definition) is 2. The molecule has 0 saturated carbocycles. The lowest BCUT2D eigenvalue weighted by molar-refractivity contribution is 0.0601. The molecule has 0 spiro atoms.